The molecular formula is C70H90N6O16. The van der Waals surface area contributed by atoms with Gasteiger partial charge in [-0.05, 0) is 110 Å². The van der Waals surface area contributed by atoms with E-state index in [9.17, 15) is 15.6 Å². The van der Waals surface area contributed by atoms with E-state index in [-0.39, 0.29) is 82.7 Å². The van der Waals surface area contributed by atoms with Crippen LogP contribution in [0.15, 0.2) is 49.8 Å². The molecule has 12 rings (SSSR count). The van der Waals surface area contributed by atoms with Crippen LogP contribution in [-0.2, 0) is 49.4 Å². The molecule has 1 N–H and O–H groups in total. The highest BCUT2D eigenvalue weighted by atomic mass is 16.7. The van der Waals surface area contributed by atoms with E-state index in [0.29, 0.717) is 90.6 Å². The Morgan fingerprint density at radius 1 is 0.609 bits per heavy atom. The molecule has 22 heteroatoms. The van der Waals surface area contributed by atoms with E-state index in [1.54, 1.807) is 61.7 Å². The maximum atomic E-state index is 11.0. The smallest absolute Gasteiger partial charge is 0.231 e. The van der Waals surface area contributed by atoms with Gasteiger partial charge in [-0.3, -0.25) is 19.6 Å². The predicted molar refractivity (Wildman–Crippen MR) is 341 cm³/mol. The number of ether oxygens (including phenoxy) is 15. The summed E-state index contributed by atoms with van der Waals surface area (Å²) in [7, 11) is 13.9. The SMILES string of the molecule is C=C(C)OC.C=CCOc1c(C)c2c(c3c1C[C@H]1[C@H]4c5c(cc(C)c(OC)c5OCOC)C[C@@H]([C@H](C#N)N1[C@H]3CO)N4C)OCO2.C=CCOc1c(C)c2c(c3c1C[C@H]1[C@H]4c5c(cc(C)c(OC)c5OCOC)C[C@@H]([C@H](C#N)N1[C@H]3COC(C)(C)OC)N4C)OCO2. The number of aryl methyl sites for hydroxylation is 2. The molecule has 4 aromatic carbocycles. The van der Waals surface area contributed by atoms with Crippen molar-refractivity contribution < 1.29 is 76.2 Å². The second kappa shape index (κ2) is 28.0. The minimum Gasteiger partial charge on any atom is -0.502 e. The molecular weight excluding hydrogens is 1180 g/mol. The third kappa shape index (κ3) is 11.6. The second-order valence-corrected chi connectivity index (χ2v) is 24.8. The number of methoxy groups -OCH3 is 6. The van der Waals surface area contributed by atoms with Gasteiger partial charge in [-0.15, -0.1) is 0 Å². The highest BCUT2D eigenvalue weighted by Crippen LogP contribution is 2.61. The number of aliphatic hydroxyl groups excluding tert-OH is 1. The molecule has 0 amide bonds. The van der Waals surface area contributed by atoms with Crippen molar-refractivity contribution in [2.75, 3.05) is 110 Å². The number of benzene rings is 4. The molecule has 0 aliphatic carbocycles. The fourth-order valence-corrected chi connectivity index (χ4v) is 15.5. The summed E-state index contributed by atoms with van der Waals surface area (Å²) in [6.45, 7) is 25.8. The minimum atomic E-state index is -0.857. The average molecular weight is 1270 g/mol. The molecule has 0 aromatic heterocycles. The minimum absolute atomic E-state index is 0.0750. The predicted octanol–water partition coefficient (Wildman–Crippen LogP) is 9.28. The lowest BCUT2D eigenvalue weighted by Gasteiger charge is -2.60. The van der Waals surface area contributed by atoms with Gasteiger partial charge in [0.1, 0.15) is 36.8 Å². The third-order valence-electron chi connectivity index (χ3n) is 19.4. The van der Waals surface area contributed by atoms with Crippen molar-refractivity contribution in [2.45, 2.75) is 140 Å². The Bertz CT molecular complexity index is 3540. The fraction of sp³-hybridized carbons (Fsp3) is 0.543. The summed E-state index contributed by atoms with van der Waals surface area (Å²) in [5.74, 6) is 6.66. The van der Waals surface area contributed by atoms with Crippen LogP contribution >= 0.6 is 0 Å². The van der Waals surface area contributed by atoms with Gasteiger partial charge < -0.3 is 76.2 Å². The Kier molecular flexibility index (Phi) is 20.5. The van der Waals surface area contributed by atoms with Crippen molar-refractivity contribution in [3.8, 4) is 69.6 Å². The maximum Gasteiger partial charge on any atom is 0.231 e. The third-order valence-corrected chi connectivity index (χ3v) is 19.4. The molecule has 4 bridgehead atoms. The van der Waals surface area contributed by atoms with E-state index >= 15 is 0 Å². The summed E-state index contributed by atoms with van der Waals surface area (Å²) < 4.78 is 88.5. The molecule has 0 radical (unpaired) electrons. The lowest BCUT2D eigenvalue weighted by atomic mass is 9.71. The number of allylic oxidation sites excluding steroid dienone is 1. The van der Waals surface area contributed by atoms with Gasteiger partial charge in [0.2, 0.25) is 13.6 Å². The molecule has 0 saturated carbocycles. The molecule has 92 heavy (non-hydrogen) atoms. The largest absolute Gasteiger partial charge is 0.502 e. The molecule has 8 heterocycles. The number of hydrogen-bond acceptors (Lipinski definition) is 22. The van der Waals surface area contributed by atoms with Crippen LogP contribution in [0, 0.1) is 50.4 Å². The van der Waals surface area contributed by atoms with Crippen molar-refractivity contribution >= 4 is 0 Å². The molecule has 0 spiro atoms. The zero-order chi connectivity index (χ0) is 66.2. The molecule has 4 aromatic rings. The Hall–Kier alpha value is -7.48. The van der Waals surface area contributed by atoms with Crippen LogP contribution < -0.4 is 47.4 Å². The van der Waals surface area contributed by atoms with Crippen LogP contribution in [-0.4, -0.2) is 177 Å². The van der Waals surface area contributed by atoms with Crippen LogP contribution in [0.5, 0.6) is 57.5 Å². The van der Waals surface area contributed by atoms with E-state index in [2.05, 4.69) is 82.4 Å². The van der Waals surface area contributed by atoms with Crippen LogP contribution in [0.4, 0.5) is 0 Å². The van der Waals surface area contributed by atoms with E-state index in [4.69, 9.17) is 66.3 Å². The average Bonchev–Trinajstić information content (AvgIpc) is 0.862. The number of nitrogens with zero attached hydrogens (tertiary/aromatic N) is 6. The monoisotopic (exact) mass is 1270 g/mol. The maximum absolute atomic E-state index is 11.0. The lowest BCUT2D eigenvalue weighted by Crippen LogP contribution is -2.68. The molecule has 0 unspecified atom stereocenters. The standard InChI is InChI=1S/C35H45N3O8.C31H37N3O7.C4H8O/c1-10-11-42-31-20(3)32-34(45-18-44-32)28-22(31)14-24-29-27-21(12-19(2)30(40-8)33(27)43-17-39-7)13-23(37(29)6)25(15-36)38(24)26(28)16-46-35(4,5)41-9;1-7-8-38-28-17(3)29-31(41-15-40-29)25-19(28)11-21-26-24-18(9-16(2)27(37-6)30(24)39-14-36-5)10-20(33(26)4)22(12-32)34(21)23(25)13-35;1-4(2)5-3/h10,12,23-26,29H,1,11,13-14,16-18H2,2-9H3;7,9,20-23,26,35H,1,8,10-11,13-15H2,2-6H3;1H2,2-3H3/t23-,24-,25-,26-,29-;20-,21-,22-,23-,26-;/m00./s1. The molecule has 8 aliphatic heterocycles. The number of hydrogen-bond donors (Lipinski definition) is 1. The number of piperazine rings is 2. The molecule has 496 valence electrons. The normalized spacial score (nSPS) is 24.3. The summed E-state index contributed by atoms with van der Waals surface area (Å²) in [4.78, 5) is 9.18. The van der Waals surface area contributed by atoms with Crippen LogP contribution in [0.25, 0.3) is 0 Å². The van der Waals surface area contributed by atoms with E-state index in [0.717, 1.165) is 78.3 Å². The van der Waals surface area contributed by atoms with E-state index < -0.39 is 23.9 Å². The summed E-state index contributed by atoms with van der Waals surface area (Å²) >= 11 is 0. The summed E-state index contributed by atoms with van der Waals surface area (Å²) in [5, 5.41) is 32.6. The van der Waals surface area contributed by atoms with Crippen molar-refractivity contribution in [1.82, 2.24) is 19.6 Å². The highest BCUT2D eigenvalue weighted by Gasteiger charge is 2.59. The first kappa shape index (κ1) is 67.4. The number of fused-ring (bicyclic) bond motifs is 18. The summed E-state index contributed by atoms with van der Waals surface area (Å²) in [6, 6.07) is 7.03. The first-order chi connectivity index (χ1) is 44.3. The Morgan fingerprint density at radius 2 is 1.02 bits per heavy atom. The second-order valence-electron chi connectivity index (χ2n) is 24.8. The zero-order valence-electron chi connectivity index (χ0n) is 55.9. The number of rotatable bonds is 20. The first-order valence-electron chi connectivity index (χ1n) is 31.1. The molecule has 2 fully saturated rings. The Balaban J connectivity index is 0.000000189. The fourth-order valence-electron chi connectivity index (χ4n) is 15.5. The van der Waals surface area contributed by atoms with Gasteiger partial charge in [0.05, 0.1) is 76.6 Å². The van der Waals surface area contributed by atoms with Gasteiger partial charge in [-0.1, -0.05) is 44.0 Å². The first-order valence-corrected chi connectivity index (χ1v) is 31.1. The highest BCUT2D eigenvalue weighted by molar-refractivity contribution is 5.69. The van der Waals surface area contributed by atoms with Crippen molar-refractivity contribution in [3.63, 3.8) is 0 Å². The van der Waals surface area contributed by atoms with Crippen LogP contribution in [0.1, 0.15) is 112 Å². The Morgan fingerprint density at radius 3 is 1.39 bits per heavy atom. The van der Waals surface area contributed by atoms with Crippen LogP contribution in [0.2, 0.25) is 0 Å². The van der Waals surface area contributed by atoms with Gasteiger partial charge in [-0.2, -0.15) is 10.5 Å². The van der Waals surface area contributed by atoms with Gasteiger partial charge >= 0.3 is 0 Å². The van der Waals surface area contributed by atoms with Crippen LogP contribution in [0.3, 0.4) is 0 Å². The molecule has 8 aliphatic rings. The zero-order valence-corrected chi connectivity index (χ0v) is 55.9. The van der Waals surface area contributed by atoms with Gasteiger partial charge in [0, 0.05) is 90.0 Å². The van der Waals surface area contributed by atoms with Crippen molar-refractivity contribution in [3.05, 3.63) is 117 Å². The van der Waals surface area contributed by atoms with E-state index in [1.165, 1.54) is 0 Å². The van der Waals surface area contributed by atoms with Gasteiger partial charge in [0.25, 0.3) is 0 Å². The molecule has 10 atom stereocenters. The lowest BCUT2D eigenvalue weighted by molar-refractivity contribution is -0.212. The van der Waals surface area contributed by atoms with Gasteiger partial charge in [0.15, 0.2) is 65.4 Å². The number of nitriles is 2. The molecule has 22 nitrogen and oxygen atoms in total. The number of likely N-dealkylation sites (N-methyl/N-ethyl adjacent to an activating group) is 2. The van der Waals surface area contributed by atoms with Crippen molar-refractivity contribution in [2.24, 2.45) is 0 Å². The van der Waals surface area contributed by atoms with Gasteiger partial charge in [-0.25, -0.2) is 0 Å². The summed E-state index contributed by atoms with van der Waals surface area (Å²) in [6.07, 6.45) is 5.93. The summed E-state index contributed by atoms with van der Waals surface area (Å²) in [5.41, 5.74) is 11.8. The topological polar surface area (TPSA) is 219 Å². The Labute approximate surface area is 541 Å². The number of aliphatic hydroxyl groups is 1. The van der Waals surface area contributed by atoms with Crippen molar-refractivity contribution in [1.29, 1.82) is 10.5 Å². The molecule has 2 saturated heterocycles. The quantitative estimate of drug-likeness (QED) is 0.0495. The van der Waals surface area contributed by atoms with E-state index in [1.807, 2.05) is 41.5 Å².